The van der Waals surface area contributed by atoms with E-state index < -0.39 is 10.5 Å². The standard InChI is InChI=1S/C12H17BrN2O4/c1-3-12(6-16,7-17)14-10-4-8(2)11(15(18)19)5-9(10)13/h4-5,14,16-17H,3,6-7H2,1-2H3. The van der Waals surface area contributed by atoms with E-state index in [1.54, 1.807) is 13.0 Å². The molecule has 1 aromatic rings. The lowest BCUT2D eigenvalue weighted by Crippen LogP contribution is -2.45. The second kappa shape index (κ2) is 6.31. The number of hydrogen-bond donors (Lipinski definition) is 3. The zero-order valence-corrected chi connectivity index (χ0v) is 12.4. The molecule has 0 amide bonds. The van der Waals surface area contributed by atoms with Crippen LogP contribution >= 0.6 is 15.9 Å². The van der Waals surface area contributed by atoms with Crippen molar-refractivity contribution in [2.75, 3.05) is 18.5 Å². The second-order valence-electron chi connectivity index (χ2n) is 4.45. The SMILES string of the molecule is CCC(CO)(CO)Nc1cc(C)c([N+](=O)[O-])cc1Br. The van der Waals surface area contributed by atoms with Gasteiger partial charge in [0.05, 0.1) is 23.7 Å². The number of halogens is 1. The van der Waals surface area contributed by atoms with Gasteiger partial charge in [0.1, 0.15) is 0 Å². The molecule has 0 bridgehead atoms. The largest absolute Gasteiger partial charge is 0.394 e. The Morgan fingerprint density at radius 2 is 2.00 bits per heavy atom. The Bertz CT molecular complexity index is 467. The fourth-order valence-corrected chi connectivity index (χ4v) is 2.12. The van der Waals surface area contributed by atoms with E-state index in [1.807, 2.05) is 6.92 Å². The number of anilines is 1. The maximum atomic E-state index is 10.8. The fraction of sp³-hybridized carbons (Fsp3) is 0.500. The molecule has 0 aliphatic carbocycles. The van der Waals surface area contributed by atoms with Gasteiger partial charge in [-0.25, -0.2) is 0 Å². The lowest BCUT2D eigenvalue weighted by Gasteiger charge is -2.31. The smallest absolute Gasteiger partial charge is 0.273 e. The molecule has 0 saturated carbocycles. The first-order valence-electron chi connectivity index (χ1n) is 5.83. The van der Waals surface area contributed by atoms with Crippen LogP contribution in [0.1, 0.15) is 18.9 Å². The first-order chi connectivity index (χ1) is 8.89. The van der Waals surface area contributed by atoms with Crippen LogP contribution in [0.25, 0.3) is 0 Å². The highest BCUT2D eigenvalue weighted by Crippen LogP contribution is 2.32. The van der Waals surface area contributed by atoms with Gasteiger partial charge < -0.3 is 15.5 Å². The van der Waals surface area contributed by atoms with Crippen LogP contribution in [0.4, 0.5) is 11.4 Å². The molecule has 0 aliphatic heterocycles. The van der Waals surface area contributed by atoms with E-state index in [0.29, 0.717) is 22.1 Å². The van der Waals surface area contributed by atoms with Crippen LogP contribution in [0.15, 0.2) is 16.6 Å². The Hall–Kier alpha value is -1.18. The minimum Gasteiger partial charge on any atom is -0.394 e. The molecule has 0 unspecified atom stereocenters. The minimum atomic E-state index is -0.842. The van der Waals surface area contributed by atoms with Crippen LogP contribution in [-0.4, -0.2) is 33.9 Å². The van der Waals surface area contributed by atoms with E-state index in [9.17, 15) is 20.3 Å². The van der Waals surface area contributed by atoms with Gasteiger partial charge in [-0.2, -0.15) is 0 Å². The van der Waals surface area contributed by atoms with Crippen LogP contribution in [0.3, 0.4) is 0 Å². The quantitative estimate of drug-likeness (QED) is 0.548. The Labute approximate surface area is 119 Å². The molecule has 7 heteroatoms. The lowest BCUT2D eigenvalue weighted by atomic mass is 9.97. The van der Waals surface area contributed by atoms with Crippen molar-refractivity contribution >= 4 is 27.3 Å². The summed E-state index contributed by atoms with van der Waals surface area (Å²) in [5, 5.41) is 32.7. The Morgan fingerprint density at radius 1 is 1.42 bits per heavy atom. The number of nitro groups is 1. The van der Waals surface area contributed by atoms with Crippen molar-refractivity contribution in [3.63, 3.8) is 0 Å². The zero-order chi connectivity index (χ0) is 14.6. The van der Waals surface area contributed by atoms with E-state index in [-0.39, 0.29) is 18.9 Å². The molecule has 3 N–H and O–H groups in total. The molecule has 0 radical (unpaired) electrons. The molecule has 0 spiro atoms. The molecule has 6 nitrogen and oxygen atoms in total. The van der Waals surface area contributed by atoms with Crippen molar-refractivity contribution in [3.8, 4) is 0 Å². The molecule has 1 aromatic carbocycles. The number of hydrogen-bond acceptors (Lipinski definition) is 5. The maximum absolute atomic E-state index is 10.8. The van der Waals surface area contributed by atoms with Crippen LogP contribution < -0.4 is 5.32 Å². The summed E-state index contributed by atoms with van der Waals surface area (Å²) in [7, 11) is 0. The molecule has 0 heterocycles. The van der Waals surface area contributed by atoms with Gasteiger partial charge in [-0.1, -0.05) is 6.92 Å². The van der Waals surface area contributed by atoms with Gasteiger partial charge in [0.2, 0.25) is 0 Å². The summed E-state index contributed by atoms with van der Waals surface area (Å²) in [4.78, 5) is 10.4. The summed E-state index contributed by atoms with van der Waals surface area (Å²) in [6.07, 6.45) is 0.516. The Morgan fingerprint density at radius 3 is 2.42 bits per heavy atom. The number of rotatable bonds is 6. The van der Waals surface area contributed by atoms with Crippen LogP contribution in [0, 0.1) is 17.0 Å². The molecule has 106 valence electrons. The monoisotopic (exact) mass is 332 g/mol. The van der Waals surface area contributed by atoms with Gasteiger partial charge in [-0.3, -0.25) is 10.1 Å². The number of nitro benzene ring substituents is 1. The van der Waals surface area contributed by atoms with E-state index >= 15 is 0 Å². The topological polar surface area (TPSA) is 95.6 Å². The van der Waals surface area contributed by atoms with Crippen molar-refractivity contribution in [1.82, 2.24) is 0 Å². The Balaban J connectivity index is 3.16. The first-order valence-corrected chi connectivity index (χ1v) is 6.63. The lowest BCUT2D eigenvalue weighted by molar-refractivity contribution is -0.385. The second-order valence-corrected chi connectivity index (χ2v) is 5.31. The summed E-state index contributed by atoms with van der Waals surface area (Å²) in [5.41, 5.74) is 0.294. The normalized spacial score (nSPS) is 11.4. The van der Waals surface area contributed by atoms with Gasteiger partial charge in [0.15, 0.2) is 0 Å². The summed E-state index contributed by atoms with van der Waals surface area (Å²) in [6, 6.07) is 3.03. The van der Waals surface area contributed by atoms with E-state index in [4.69, 9.17) is 0 Å². The highest BCUT2D eigenvalue weighted by Gasteiger charge is 2.27. The molecule has 1 rings (SSSR count). The molecular weight excluding hydrogens is 316 g/mol. The summed E-state index contributed by atoms with van der Waals surface area (Å²) >= 11 is 3.26. The van der Waals surface area contributed by atoms with Crippen LogP contribution in [0.2, 0.25) is 0 Å². The number of nitrogens with one attached hydrogen (secondary N) is 1. The van der Waals surface area contributed by atoms with Crippen molar-refractivity contribution in [1.29, 1.82) is 0 Å². The third kappa shape index (κ3) is 3.43. The molecular formula is C12H17BrN2O4. The van der Waals surface area contributed by atoms with Gasteiger partial charge in [0, 0.05) is 21.8 Å². The highest BCUT2D eigenvalue weighted by atomic mass is 79.9. The Kier molecular flexibility index (Phi) is 5.28. The maximum Gasteiger partial charge on any atom is 0.273 e. The zero-order valence-electron chi connectivity index (χ0n) is 10.8. The van der Waals surface area contributed by atoms with Gasteiger partial charge in [0.25, 0.3) is 5.69 Å². The molecule has 0 fully saturated rings. The molecule has 0 atom stereocenters. The number of nitrogens with zero attached hydrogens (tertiary/aromatic N) is 1. The van der Waals surface area contributed by atoms with Gasteiger partial charge in [-0.15, -0.1) is 0 Å². The number of aliphatic hydroxyl groups excluding tert-OH is 2. The van der Waals surface area contributed by atoms with E-state index in [0.717, 1.165) is 0 Å². The predicted molar refractivity (Wildman–Crippen MR) is 76.3 cm³/mol. The number of benzene rings is 1. The minimum absolute atomic E-state index is 0.0209. The van der Waals surface area contributed by atoms with Crippen molar-refractivity contribution in [2.45, 2.75) is 25.8 Å². The van der Waals surface area contributed by atoms with E-state index in [1.165, 1.54) is 6.07 Å². The summed E-state index contributed by atoms with van der Waals surface area (Å²) in [6.45, 7) is 3.01. The van der Waals surface area contributed by atoms with Gasteiger partial charge in [-0.05, 0) is 35.3 Å². The third-order valence-corrected chi connectivity index (χ3v) is 3.82. The average molecular weight is 333 g/mol. The molecule has 0 aromatic heterocycles. The highest BCUT2D eigenvalue weighted by molar-refractivity contribution is 9.10. The van der Waals surface area contributed by atoms with Gasteiger partial charge >= 0.3 is 0 Å². The molecule has 19 heavy (non-hydrogen) atoms. The first kappa shape index (κ1) is 15.9. The molecule has 0 aliphatic rings. The van der Waals surface area contributed by atoms with Crippen LogP contribution in [-0.2, 0) is 0 Å². The fourth-order valence-electron chi connectivity index (χ4n) is 1.69. The summed E-state index contributed by atoms with van der Waals surface area (Å²) < 4.78 is 0.518. The van der Waals surface area contributed by atoms with Crippen molar-refractivity contribution in [2.24, 2.45) is 0 Å². The predicted octanol–water partition coefficient (Wildman–Crippen LogP) is 2.21. The average Bonchev–Trinajstić information content (AvgIpc) is 2.39. The summed E-state index contributed by atoms with van der Waals surface area (Å²) in [5.74, 6) is 0. The van der Waals surface area contributed by atoms with Crippen molar-refractivity contribution in [3.05, 3.63) is 32.3 Å². The number of aryl methyl sites for hydroxylation is 1. The van der Waals surface area contributed by atoms with Crippen molar-refractivity contribution < 1.29 is 15.1 Å². The molecule has 0 saturated heterocycles. The van der Waals surface area contributed by atoms with Crippen LogP contribution in [0.5, 0.6) is 0 Å². The van der Waals surface area contributed by atoms with E-state index in [2.05, 4.69) is 21.2 Å². The third-order valence-electron chi connectivity index (χ3n) is 3.16. The number of aliphatic hydroxyl groups is 2.